The van der Waals surface area contributed by atoms with Crippen molar-refractivity contribution < 1.29 is 4.79 Å². The Morgan fingerprint density at radius 3 is 2.89 bits per heavy atom. The number of carbonyl (C=O) groups is 1. The standard InChI is InChI=1S/C13H17N5O/c1-9-11(8-16-17-9)7-15-13(19)10-4-5-14-12(6-10)18(2)3/h4-6,8H,7H2,1-3H3,(H,15,19)(H,16,17). The molecule has 0 aliphatic heterocycles. The van der Waals surface area contributed by atoms with Gasteiger partial charge in [0.15, 0.2) is 0 Å². The molecule has 0 bridgehead atoms. The number of anilines is 1. The molecule has 0 aliphatic carbocycles. The topological polar surface area (TPSA) is 73.9 Å². The molecule has 0 aliphatic rings. The summed E-state index contributed by atoms with van der Waals surface area (Å²) in [6, 6.07) is 3.46. The van der Waals surface area contributed by atoms with Crippen LogP contribution in [0.5, 0.6) is 0 Å². The third-order valence-corrected chi connectivity index (χ3v) is 2.84. The quantitative estimate of drug-likeness (QED) is 0.862. The number of aromatic nitrogens is 3. The van der Waals surface area contributed by atoms with Crippen LogP contribution in [-0.4, -0.2) is 35.2 Å². The van der Waals surface area contributed by atoms with Crippen molar-refractivity contribution in [2.24, 2.45) is 0 Å². The smallest absolute Gasteiger partial charge is 0.251 e. The maximum Gasteiger partial charge on any atom is 0.251 e. The van der Waals surface area contributed by atoms with Gasteiger partial charge in [0, 0.05) is 43.7 Å². The minimum absolute atomic E-state index is 0.119. The van der Waals surface area contributed by atoms with Crippen LogP contribution in [-0.2, 0) is 6.54 Å². The summed E-state index contributed by atoms with van der Waals surface area (Å²) >= 11 is 0. The molecule has 0 unspecified atom stereocenters. The maximum absolute atomic E-state index is 12.0. The van der Waals surface area contributed by atoms with Crippen molar-refractivity contribution in [3.8, 4) is 0 Å². The van der Waals surface area contributed by atoms with Crippen LogP contribution in [0, 0.1) is 6.92 Å². The molecule has 2 rings (SSSR count). The summed E-state index contributed by atoms with van der Waals surface area (Å²) in [5.41, 5.74) is 2.54. The molecular weight excluding hydrogens is 242 g/mol. The van der Waals surface area contributed by atoms with E-state index in [0.29, 0.717) is 12.1 Å². The van der Waals surface area contributed by atoms with E-state index < -0.39 is 0 Å². The van der Waals surface area contributed by atoms with Gasteiger partial charge in [-0.15, -0.1) is 0 Å². The van der Waals surface area contributed by atoms with Gasteiger partial charge in [-0.25, -0.2) is 4.98 Å². The molecule has 100 valence electrons. The fourth-order valence-corrected chi connectivity index (χ4v) is 1.64. The number of carbonyl (C=O) groups excluding carboxylic acids is 1. The highest BCUT2D eigenvalue weighted by molar-refractivity contribution is 5.94. The highest BCUT2D eigenvalue weighted by Gasteiger charge is 2.08. The van der Waals surface area contributed by atoms with Crippen LogP contribution in [0.1, 0.15) is 21.6 Å². The Labute approximate surface area is 111 Å². The lowest BCUT2D eigenvalue weighted by atomic mass is 10.2. The van der Waals surface area contributed by atoms with Gasteiger partial charge in [0.25, 0.3) is 5.91 Å². The van der Waals surface area contributed by atoms with Crippen LogP contribution in [0.15, 0.2) is 24.5 Å². The molecule has 0 fully saturated rings. The van der Waals surface area contributed by atoms with Crippen molar-refractivity contribution in [2.75, 3.05) is 19.0 Å². The molecule has 6 heteroatoms. The summed E-state index contributed by atoms with van der Waals surface area (Å²) in [7, 11) is 3.78. The highest BCUT2D eigenvalue weighted by atomic mass is 16.1. The fraction of sp³-hybridized carbons (Fsp3) is 0.308. The monoisotopic (exact) mass is 259 g/mol. The number of nitrogens with zero attached hydrogens (tertiary/aromatic N) is 3. The van der Waals surface area contributed by atoms with Crippen LogP contribution >= 0.6 is 0 Å². The average Bonchev–Trinajstić information content (AvgIpc) is 2.81. The first kappa shape index (κ1) is 13.1. The van der Waals surface area contributed by atoms with E-state index in [1.807, 2.05) is 25.9 Å². The normalized spacial score (nSPS) is 10.3. The molecule has 0 aromatic carbocycles. The second kappa shape index (κ2) is 5.51. The Morgan fingerprint density at radius 1 is 1.47 bits per heavy atom. The molecule has 0 radical (unpaired) electrons. The summed E-state index contributed by atoms with van der Waals surface area (Å²) in [4.78, 5) is 18.1. The van der Waals surface area contributed by atoms with Crippen LogP contribution in [0.3, 0.4) is 0 Å². The van der Waals surface area contributed by atoms with E-state index in [1.54, 1.807) is 24.5 Å². The van der Waals surface area contributed by atoms with Gasteiger partial charge in [0.1, 0.15) is 5.82 Å². The van der Waals surface area contributed by atoms with Gasteiger partial charge in [-0.1, -0.05) is 0 Å². The van der Waals surface area contributed by atoms with Gasteiger partial charge in [0.05, 0.1) is 6.20 Å². The second-order valence-corrected chi connectivity index (χ2v) is 4.50. The van der Waals surface area contributed by atoms with E-state index in [2.05, 4.69) is 20.5 Å². The second-order valence-electron chi connectivity index (χ2n) is 4.50. The lowest BCUT2D eigenvalue weighted by molar-refractivity contribution is 0.0951. The third kappa shape index (κ3) is 3.09. The van der Waals surface area contributed by atoms with Gasteiger partial charge >= 0.3 is 0 Å². The number of pyridine rings is 1. The lowest BCUT2D eigenvalue weighted by Gasteiger charge is -2.12. The number of nitrogens with one attached hydrogen (secondary N) is 2. The van der Waals surface area contributed by atoms with Crippen molar-refractivity contribution in [3.63, 3.8) is 0 Å². The highest BCUT2D eigenvalue weighted by Crippen LogP contribution is 2.10. The van der Waals surface area contributed by atoms with Gasteiger partial charge < -0.3 is 10.2 Å². The first-order valence-corrected chi connectivity index (χ1v) is 5.98. The Hall–Kier alpha value is -2.37. The van der Waals surface area contributed by atoms with Gasteiger partial charge in [-0.2, -0.15) is 5.10 Å². The Kier molecular flexibility index (Phi) is 3.79. The molecule has 0 spiro atoms. The van der Waals surface area contributed by atoms with Gasteiger partial charge in [-0.05, 0) is 19.1 Å². The fourth-order valence-electron chi connectivity index (χ4n) is 1.64. The number of H-pyrrole nitrogens is 1. The molecule has 2 N–H and O–H groups in total. The largest absolute Gasteiger partial charge is 0.363 e. The predicted molar refractivity (Wildman–Crippen MR) is 73.1 cm³/mol. The van der Waals surface area contributed by atoms with E-state index in [9.17, 15) is 4.79 Å². The van der Waals surface area contributed by atoms with Crippen molar-refractivity contribution in [3.05, 3.63) is 41.3 Å². The SMILES string of the molecule is Cc1[nH]ncc1CNC(=O)c1ccnc(N(C)C)c1. The van der Waals surface area contributed by atoms with E-state index in [1.165, 1.54) is 0 Å². The molecule has 2 aromatic heterocycles. The maximum atomic E-state index is 12.0. The minimum atomic E-state index is -0.119. The summed E-state index contributed by atoms with van der Waals surface area (Å²) < 4.78 is 0. The number of amides is 1. The first-order chi connectivity index (χ1) is 9.08. The third-order valence-electron chi connectivity index (χ3n) is 2.84. The van der Waals surface area contributed by atoms with Crippen LogP contribution in [0.2, 0.25) is 0 Å². The van der Waals surface area contributed by atoms with Gasteiger partial charge in [0.2, 0.25) is 0 Å². The Morgan fingerprint density at radius 2 is 2.26 bits per heavy atom. The lowest BCUT2D eigenvalue weighted by Crippen LogP contribution is -2.23. The van der Waals surface area contributed by atoms with Crippen LogP contribution in [0.4, 0.5) is 5.82 Å². The number of hydrogen-bond acceptors (Lipinski definition) is 4. The molecule has 0 atom stereocenters. The number of rotatable bonds is 4. The predicted octanol–water partition coefficient (Wildman–Crippen LogP) is 1.11. The summed E-state index contributed by atoms with van der Waals surface area (Å²) in [5, 5.41) is 9.62. The zero-order valence-corrected chi connectivity index (χ0v) is 11.3. The molecule has 0 saturated heterocycles. The molecule has 19 heavy (non-hydrogen) atoms. The van der Waals surface area contributed by atoms with Gasteiger partial charge in [-0.3, -0.25) is 9.89 Å². The average molecular weight is 259 g/mol. The van der Waals surface area contributed by atoms with Crippen LogP contribution in [0.25, 0.3) is 0 Å². The first-order valence-electron chi connectivity index (χ1n) is 5.98. The van der Waals surface area contributed by atoms with E-state index in [0.717, 1.165) is 17.1 Å². The van der Waals surface area contributed by atoms with E-state index in [4.69, 9.17) is 0 Å². The summed E-state index contributed by atoms with van der Waals surface area (Å²) in [6.07, 6.45) is 3.35. The molecule has 0 saturated carbocycles. The zero-order valence-electron chi connectivity index (χ0n) is 11.3. The molecule has 6 nitrogen and oxygen atoms in total. The molecular formula is C13H17N5O. The van der Waals surface area contributed by atoms with Crippen molar-refractivity contribution >= 4 is 11.7 Å². The number of aryl methyl sites for hydroxylation is 1. The number of hydrogen-bond donors (Lipinski definition) is 2. The zero-order chi connectivity index (χ0) is 13.8. The Bertz CT molecular complexity index is 576. The minimum Gasteiger partial charge on any atom is -0.363 e. The van der Waals surface area contributed by atoms with Crippen LogP contribution < -0.4 is 10.2 Å². The van der Waals surface area contributed by atoms with Crippen molar-refractivity contribution in [2.45, 2.75) is 13.5 Å². The molecule has 2 aromatic rings. The van der Waals surface area contributed by atoms with E-state index in [-0.39, 0.29) is 5.91 Å². The number of aromatic amines is 1. The van der Waals surface area contributed by atoms with E-state index >= 15 is 0 Å². The summed E-state index contributed by atoms with van der Waals surface area (Å²) in [6.45, 7) is 2.38. The summed E-state index contributed by atoms with van der Waals surface area (Å²) in [5.74, 6) is 0.637. The van der Waals surface area contributed by atoms with Crippen molar-refractivity contribution in [1.29, 1.82) is 0 Å². The molecule has 2 heterocycles. The van der Waals surface area contributed by atoms with Crippen molar-refractivity contribution in [1.82, 2.24) is 20.5 Å². The Balaban J connectivity index is 2.04. The molecule has 1 amide bonds.